The molecule has 0 radical (unpaired) electrons. The van der Waals surface area contributed by atoms with Crippen molar-refractivity contribution in [1.82, 2.24) is 5.43 Å². The summed E-state index contributed by atoms with van der Waals surface area (Å²) in [5.74, 6) is 0.887. The van der Waals surface area contributed by atoms with E-state index in [1.54, 1.807) is 6.07 Å². The lowest BCUT2D eigenvalue weighted by Crippen LogP contribution is -2.24. The topological polar surface area (TPSA) is 63.8 Å². The number of furan rings is 1. The van der Waals surface area contributed by atoms with Crippen molar-refractivity contribution in [1.29, 1.82) is 0 Å². The molecule has 0 saturated carbocycles. The van der Waals surface area contributed by atoms with Gasteiger partial charge in [0, 0.05) is 0 Å². The minimum absolute atomic E-state index is 0.116. The van der Waals surface area contributed by atoms with E-state index in [1.165, 1.54) is 6.21 Å². The zero-order chi connectivity index (χ0) is 16.1. The highest BCUT2D eigenvalue weighted by molar-refractivity contribution is 14.1. The van der Waals surface area contributed by atoms with E-state index in [2.05, 4.69) is 49.0 Å². The Kier molecular flexibility index (Phi) is 6.01. The normalized spacial score (nSPS) is 10.9. The molecule has 2 aromatic rings. The molecule has 0 fully saturated rings. The van der Waals surface area contributed by atoms with Crippen LogP contribution < -0.4 is 10.2 Å². The maximum atomic E-state index is 11.7. The monoisotopic (exact) mass is 476 g/mol. The van der Waals surface area contributed by atoms with Crippen LogP contribution in [0.15, 0.2) is 38.3 Å². The molecule has 1 N–H and O–H groups in total. The SMILES string of the molecule is Cc1cc(C)c(OCC(=O)N/N=C\c2ccc(I)o2)c(Br)c1. The van der Waals surface area contributed by atoms with Crippen LogP contribution in [0.25, 0.3) is 0 Å². The van der Waals surface area contributed by atoms with Crippen molar-refractivity contribution in [2.24, 2.45) is 5.10 Å². The number of benzene rings is 1. The number of ether oxygens (including phenoxy) is 1. The molecular weight excluding hydrogens is 463 g/mol. The van der Waals surface area contributed by atoms with Crippen LogP contribution in [0.5, 0.6) is 5.75 Å². The average molecular weight is 477 g/mol. The van der Waals surface area contributed by atoms with Gasteiger partial charge in [0.25, 0.3) is 5.91 Å². The first kappa shape index (κ1) is 17.0. The molecule has 0 unspecified atom stereocenters. The number of aryl methyl sites for hydroxylation is 2. The number of carbonyl (C=O) groups excluding carboxylic acids is 1. The fourth-order valence-corrected chi connectivity index (χ4v) is 3.04. The van der Waals surface area contributed by atoms with Crippen molar-refractivity contribution in [2.45, 2.75) is 13.8 Å². The Balaban J connectivity index is 1.87. The van der Waals surface area contributed by atoms with Gasteiger partial charge in [0.05, 0.1) is 10.7 Å². The summed E-state index contributed by atoms with van der Waals surface area (Å²) in [5.41, 5.74) is 4.48. The summed E-state index contributed by atoms with van der Waals surface area (Å²) in [5, 5.41) is 3.81. The minimum atomic E-state index is -0.343. The van der Waals surface area contributed by atoms with Crippen LogP contribution in [0.1, 0.15) is 16.9 Å². The molecule has 0 bridgehead atoms. The second-order valence-corrected chi connectivity index (χ2v) is 6.53. The van der Waals surface area contributed by atoms with Gasteiger partial charge in [0.2, 0.25) is 0 Å². The first-order valence-corrected chi connectivity index (χ1v) is 8.29. The van der Waals surface area contributed by atoms with E-state index >= 15 is 0 Å². The van der Waals surface area contributed by atoms with Crippen LogP contribution >= 0.6 is 38.5 Å². The fourth-order valence-electron chi connectivity index (χ4n) is 1.82. The van der Waals surface area contributed by atoms with Gasteiger partial charge in [0.1, 0.15) is 11.5 Å². The Hall–Kier alpha value is -1.35. The molecule has 5 nitrogen and oxygen atoms in total. The molecule has 2 rings (SSSR count). The molecule has 1 aromatic heterocycles. The second kappa shape index (κ2) is 7.77. The number of carbonyl (C=O) groups is 1. The van der Waals surface area contributed by atoms with Crippen molar-refractivity contribution < 1.29 is 13.9 Å². The predicted octanol–water partition coefficient (Wildman–Crippen LogP) is 3.79. The zero-order valence-corrected chi connectivity index (χ0v) is 15.8. The molecule has 0 aliphatic carbocycles. The van der Waals surface area contributed by atoms with Gasteiger partial charge in [-0.3, -0.25) is 4.79 Å². The summed E-state index contributed by atoms with van der Waals surface area (Å²) in [6.45, 7) is 3.82. The van der Waals surface area contributed by atoms with Crippen LogP contribution in [0.3, 0.4) is 0 Å². The Morgan fingerprint density at radius 1 is 1.45 bits per heavy atom. The molecule has 0 spiro atoms. The van der Waals surface area contributed by atoms with E-state index in [1.807, 2.05) is 32.0 Å². The van der Waals surface area contributed by atoms with E-state index in [9.17, 15) is 4.79 Å². The summed E-state index contributed by atoms with van der Waals surface area (Å²) < 4.78 is 12.4. The number of rotatable bonds is 5. The third-order valence-corrected chi connectivity index (χ3v) is 3.87. The van der Waals surface area contributed by atoms with Gasteiger partial charge < -0.3 is 9.15 Å². The first-order chi connectivity index (χ1) is 10.5. The number of nitrogens with zero attached hydrogens (tertiary/aromatic N) is 1. The molecule has 1 amide bonds. The number of hydrogen-bond acceptors (Lipinski definition) is 4. The summed E-state index contributed by atoms with van der Waals surface area (Å²) in [6, 6.07) is 7.51. The van der Waals surface area contributed by atoms with Crippen molar-refractivity contribution in [3.05, 3.63) is 49.4 Å². The maximum Gasteiger partial charge on any atom is 0.277 e. The van der Waals surface area contributed by atoms with Crippen LogP contribution in [-0.2, 0) is 4.79 Å². The summed E-state index contributed by atoms with van der Waals surface area (Å²) >= 11 is 5.49. The third kappa shape index (κ3) is 4.84. The number of hydrazone groups is 1. The lowest BCUT2D eigenvalue weighted by molar-refractivity contribution is -0.123. The van der Waals surface area contributed by atoms with E-state index in [0.717, 1.165) is 19.4 Å². The highest BCUT2D eigenvalue weighted by atomic mass is 127. The van der Waals surface area contributed by atoms with Crippen LogP contribution in [-0.4, -0.2) is 18.7 Å². The largest absolute Gasteiger partial charge is 0.482 e. The smallest absolute Gasteiger partial charge is 0.277 e. The van der Waals surface area contributed by atoms with E-state index in [-0.39, 0.29) is 12.5 Å². The molecule has 0 saturated heterocycles. The molecule has 7 heteroatoms. The van der Waals surface area contributed by atoms with Crippen LogP contribution in [0.2, 0.25) is 0 Å². The Morgan fingerprint density at radius 3 is 2.86 bits per heavy atom. The van der Waals surface area contributed by atoms with E-state index in [4.69, 9.17) is 9.15 Å². The van der Waals surface area contributed by atoms with Gasteiger partial charge >= 0.3 is 0 Å². The molecule has 116 valence electrons. The van der Waals surface area contributed by atoms with E-state index < -0.39 is 0 Å². The fraction of sp³-hybridized carbons (Fsp3) is 0.200. The number of amides is 1. The van der Waals surface area contributed by atoms with E-state index in [0.29, 0.717) is 11.5 Å². The van der Waals surface area contributed by atoms with Gasteiger partial charge in [-0.25, -0.2) is 5.43 Å². The lowest BCUT2D eigenvalue weighted by atomic mass is 10.1. The van der Waals surface area contributed by atoms with Gasteiger partial charge in [-0.15, -0.1) is 0 Å². The maximum absolute atomic E-state index is 11.7. The summed E-state index contributed by atoms with van der Waals surface area (Å²) in [4.78, 5) is 11.7. The van der Waals surface area contributed by atoms with Gasteiger partial charge in [-0.1, -0.05) is 6.07 Å². The Morgan fingerprint density at radius 2 is 2.23 bits per heavy atom. The van der Waals surface area contributed by atoms with Gasteiger partial charge in [-0.2, -0.15) is 5.10 Å². The number of hydrogen-bond donors (Lipinski definition) is 1. The first-order valence-electron chi connectivity index (χ1n) is 6.42. The molecular formula is C15H14BrIN2O3. The predicted molar refractivity (Wildman–Crippen MR) is 96.3 cm³/mol. The number of halogens is 2. The third-order valence-electron chi connectivity index (χ3n) is 2.70. The molecule has 0 aliphatic rings. The molecule has 0 atom stereocenters. The quantitative estimate of drug-likeness (QED) is 0.405. The van der Waals surface area contributed by atoms with Crippen molar-refractivity contribution in [3.63, 3.8) is 0 Å². The Bertz CT molecular complexity index is 690. The Labute approximate surface area is 150 Å². The van der Waals surface area contributed by atoms with Crippen molar-refractivity contribution in [2.75, 3.05) is 6.61 Å². The van der Waals surface area contributed by atoms with Gasteiger partial charge in [-0.05, 0) is 81.7 Å². The molecule has 1 aromatic carbocycles. The summed E-state index contributed by atoms with van der Waals surface area (Å²) in [7, 11) is 0. The lowest BCUT2D eigenvalue weighted by Gasteiger charge is -2.11. The molecule has 22 heavy (non-hydrogen) atoms. The zero-order valence-electron chi connectivity index (χ0n) is 12.0. The second-order valence-electron chi connectivity index (χ2n) is 4.62. The molecule has 1 heterocycles. The van der Waals surface area contributed by atoms with Crippen molar-refractivity contribution >= 4 is 50.6 Å². The highest BCUT2D eigenvalue weighted by Gasteiger charge is 2.08. The highest BCUT2D eigenvalue weighted by Crippen LogP contribution is 2.30. The minimum Gasteiger partial charge on any atom is -0.482 e. The summed E-state index contributed by atoms with van der Waals surface area (Å²) in [6.07, 6.45) is 1.44. The number of nitrogens with one attached hydrogen (secondary N) is 1. The standard InChI is InChI=1S/C15H14BrIN2O3/c1-9-5-10(2)15(12(16)6-9)21-8-14(20)19-18-7-11-3-4-13(17)22-11/h3-7H,8H2,1-2H3,(H,19,20)/b18-7-. The average Bonchev–Trinajstić information content (AvgIpc) is 2.83. The van der Waals surface area contributed by atoms with Crippen molar-refractivity contribution in [3.8, 4) is 5.75 Å². The van der Waals surface area contributed by atoms with Crippen LogP contribution in [0, 0.1) is 17.6 Å². The van der Waals surface area contributed by atoms with Crippen LogP contribution in [0.4, 0.5) is 0 Å². The molecule has 0 aliphatic heterocycles. The van der Waals surface area contributed by atoms with Gasteiger partial charge in [0.15, 0.2) is 10.4 Å².